The zero-order valence-electron chi connectivity index (χ0n) is 10.7. The predicted molar refractivity (Wildman–Crippen MR) is 69.1 cm³/mol. The van der Waals surface area contributed by atoms with Gasteiger partial charge in [-0.05, 0) is 49.8 Å². The lowest BCUT2D eigenvalue weighted by atomic mass is 9.89. The largest absolute Gasteiger partial charge is 0.490 e. The first-order chi connectivity index (χ1) is 8.15. The summed E-state index contributed by atoms with van der Waals surface area (Å²) in [6.07, 6.45) is 4.91. The second-order valence-electron chi connectivity index (χ2n) is 5.26. The first-order valence-corrected chi connectivity index (χ1v) is 6.60. The Hall–Kier alpha value is -1.02. The fraction of sp³-hybridized carbons (Fsp3) is 0.600. The van der Waals surface area contributed by atoms with Gasteiger partial charge >= 0.3 is 0 Å². The van der Waals surface area contributed by atoms with Crippen molar-refractivity contribution in [1.82, 2.24) is 0 Å². The van der Waals surface area contributed by atoms with Crippen molar-refractivity contribution in [1.29, 1.82) is 0 Å². The minimum Gasteiger partial charge on any atom is -0.490 e. The van der Waals surface area contributed by atoms with Crippen molar-refractivity contribution < 1.29 is 9.84 Å². The molecule has 0 aliphatic heterocycles. The number of aliphatic hydroxyl groups is 1. The lowest BCUT2D eigenvalue weighted by Gasteiger charge is -2.27. The van der Waals surface area contributed by atoms with E-state index in [0.29, 0.717) is 6.10 Å². The van der Waals surface area contributed by atoms with Gasteiger partial charge in [0.2, 0.25) is 0 Å². The number of ether oxygens (including phenoxy) is 1. The van der Waals surface area contributed by atoms with Gasteiger partial charge in [0.1, 0.15) is 5.75 Å². The van der Waals surface area contributed by atoms with Crippen molar-refractivity contribution in [2.75, 3.05) is 0 Å². The third kappa shape index (κ3) is 3.47. The molecule has 1 fully saturated rings. The van der Waals surface area contributed by atoms with Crippen LogP contribution in [0.1, 0.15) is 51.2 Å². The van der Waals surface area contributed by atoms with Crippen molar-refractivity contribution in [2.45, 2.75) is 51.7 Å². The molecule has 0 spiro atoms. The molecule has 1 aromatic carbocycles. The van der Waals surface area contributed by atoms with E-state index in [4.69, 9.17) is 4.74 Å². The molecule has 2 nitrogen and oxygen atoms in total. The highest BCUT2D eigenvalue weighted by atomic mass is 16.5. The monoisotopic (exact) mass is 234 g/mol. The maximum atomic E-state index is 9.43. The zero-order valence-corrected chi connectivity index (χ0v) is 10.7. The van der Waals surface area contributed by atoms with Crippen molar-refractivity contribution in [3.8, 4) is 5.75 Å². The molecule has 1 N–H and O–H groups in total. The first-order valence-electron chi connectivity index (χ1n) is 6.60. The van der Waals surface area contributed by atoms with Crippen LogP contribution >= 0.6 is 0 Å². The SMILES string of the molecule is CC1CCCC(Oc2ccc([C@H](C)O)cc2)C1. The average Bonchev–Trinajstić information content (AvgIpc) is 2.29. The zero-order chi connectivity index (χ0) is 12.3. The van der Waals surface area contributed by atoms with Crippen molar-refractivity contribution >= 4 is 0 Å². The lowest BCUT2D eigenvalue weighted by molar-refractivity contribution is 0.129. The molecule has 3 atom stereocenters. The van der Waals surface area contributed by atoms with Gasteiger partial charge in [0, 0.05) is 0 Å². The first kappa shape index (κ1) is 12.4. The van der Waals surface area contributed by atoms with Crippen LogP contribution in [0.2, 0.25) is 0 Å². The summed E-state index contributed by atoms with van der Waals surface area (Å²) in [4.78, 5) is 0. The molecular weight excluding hydrogens is 212 g/mol. The van der Waals surface area contributed by atoms with Crippen LogP contribution in [0.5, 0.6) is 5.75 Å². The molecule has 17 heavy (non-hydrogen) atoms. The van der Waals surface area contributed by atoms with Gasteiger partial charge in [-0.2, -0.15) is 0 Å². The van der Waals surface area contributed by atoms with Gasteiger partial charge in [0.05, 0.1) is 12.2 Å². The Kier molecular flexibility index (Phi) is 4.06. The van der Waals surface area contributed by atoms with Gasteiger partial charge in [0.15, 0.2) is 0 Å². The Labute approximate surface area is 104 Å². The fourth-order valence-electron chi connectivity index (χ4n) is 2.50. The minimum atomic E-state index is -0.404. The predicted octanol–water partition coefficient (Wildman–Crippen LogP) is 3.70. The molecule has 2 unspecified atom stereocenters. The fourth-order valence-corrected chi connectivity index (χ4v) is 2.50. The average molecular weight is 234 g/mol. The van der Waals surface area contributed by atoms with E-state index in [2.05, 4.69) is 6.92 Å². The molecule has 0 radical (unpaired) electrons. The van der Waals surface area contributed by atoms with Crippen molar-refractivity contribution in [2.24, 2.45) is 5.92 Å². The Morgan fingerprint density at radius 3 is 2.53 bits per heavy atom. The third-order valence-corrected chi connectivity index (χ3v) is 3.55. The molecule has 1 aliphatic rings. The second-order valence-corrected chi connectivity index (χ2v) is 5.26. The molecule has 2 heteroatoms. The van der Waals surface area contributed by atoms with Crippen LogP contribution in [-0.4, -0.2) is 11.2 Å². The topological polar surface area (TPSA) is 29.5 Å². The van der Waals surface area contributed by atoms with Crippen LogP contribution in [0.15, 0.2) is 24.3 Å². The Morgan fingerprint density at radius 2 is 1.94 bits per heavy atom. The number of aliphatic hydroxyl groups excluding tert-OH is 1. The Morgan fingerprint density at radius 1 is 1.24 bits per heavy atom. The summed E-state index contributed by atoms with van der Waals surface area (Å²) in [5, 5.41) is 9.43. The highest BCUT2D eigenvalue weighted by molar-refractivity contribution is 5.28. The highest BCUT2D eigenvalue weighted by Gasteiger charge is 2.20. The normalized spacial score (nSPS) is 26.5. The van der Waals surface area contributed by atoms with Gasteiger partial charge in [-0.3, -0.25) is 0 Å². The summed E-state index contributed by atoms with van der Waals surface area (Å²) in [7, 11) is 0. The molecule has 0 aromatic heterocycles. The van der Waals surface area contributed by atoms with Crippen molar-refractivity contribution in [3.63, 3.8) is 0 Å². The van der Waals surface area contributed by atoms with Crippen LogP contribution in [-0.2, 0) is 0 Å². The molecule has 2 rings (SSSR count). The lowest BCUT2D eigenvalue weighted by Crippen LogP contribution is -2.24. The van der Waals surface area contributed by atoms with Gasteiger partial charge in [0.25, 0.3) is 0 Å². The second kappa shape index (κ2) is 5.54. The van der Waals surface area contributed by atoms with Gasteiger partial charge in [-0.25, -0.2) is 0 Å². The molecule has 1 saturated carbocycles. The summed E-state index contributed by atoms with van der Waals surface area (Å²) in [5.74, 6) is 1.71. The summed E-state index contributed by atoms with van der Waals surface area (Å²) < 4.78 is 5.98. The van der Waals surface area contributed by atoms with Gasteiger partial charge in [-0.1, -0.05) is 25.5 Å². The number of benzene rings is 1. The van der Waals surface area contributed by atoms with Gasteiger partial charge < -0.3 is 9.84 Å². The van der Waals surface area contributed by atoms with Crippen LogP contribution in [0, 0.1) is 5.92 Å². The third-order valence-electron chi connectivity index (χ3n) is 3.55. The summed E-state index contributed by atoms with van der Waals surface area (Å²) in [6.45, 7) is 4.07. The molecule has 1 aromatic rings. The quantitative estimate of drug-likeness (QED) is 0.864. The number of hydrogen-bond acceptors (Lipinski definition) is 2. The van der Waals surface area contributed by atoms with E-state index >= 15 is 0 Å². The van der Waals surface area contributed by atoms with Crippen LogP contribution < -0.4 is 4.74 Å². The maximum absolute atomic E-state index is 9.43. The summed E-state index contributed by atoms with van der Waals surface area (Å²) in [6, 6.07) is 7.79. The van der Waals surface area contributed by atoms with Crippen LogP contribution in [0.4, 0.5) is 0 Å². The number of rotatable bonds is 3. The standard InChI is InChI=1S/C15H22O2/c1-11-4-3-5-15(10-11)17-14-8-6-13(7-9-14)12(2)16/h6-9,11-12,15-16H,3-5,10H2,1-2H3/t11?,12-,15?/m0/s1. The van der Waals surface area contributed by atoms with E-state index in [9.17, 15) is 5.11 Å². The summed E-state index contributed by atoms with van der Waals surface area (Å²) in [5.41, 5.74) is 0.939. The molecule has 0 bridgehead atoms. The van der Waals surface area contributed by atoms with Crippen molar-refractivity contribution in [3.05, 3.63) is 29.8 Å². The van der Waals surface area contributed by atoms with E-state index in [1.807, 2.05) is 24.3 Å². The van der Waals surface area contributed by atoms with E-state index in [-0.39, 0.29) is 0 Å². The Bertz CT molecular complexity index is 342. The van der Waals surface area contributed by atoms with E-state index in [1.54, 1.807) is 6.92 Å². The molecule has 1 aliphatic carbocycles. The molecule has 94 valence electrons. The van der Waals surface area contributed by atoms with Gasteiger partial charge in [-0.15, -0.1) is 0 Å². The number of hydrogen-bond donors (Lipinski definition) is 1. The molecular formula is C15H22O2. The van der Waals surface area contributed by atoms with Crippen LogP contribution in [0.25, 0.3) is 0 Å². The maximum Gasteiger partial charge on any atom is 0.119 e. The van der Waals surface area contributed by atoms with E-state index < -0.39 is 6.10 Å². The van der Waals surface area contributed by atoms with E-state index in [1.165, 1.54) is 19.3 Å². The van der Waals surface area contributed by atoms with E-state index in [0.717, 1.165) is 23.7 Å². The van der Waals surface area contributed by atoms with Crippen LogP contribution in [0.3, 0.4) is 0 Å². The smallest absolute Gasteiger partial charge is 0.119 e. The molecule has 0 amide bonds. The minimum absolute atomic E-state index is 0.371. The molecule has 0 saturated heterocycles. The highest BCUT2D eigenvalue weighted by Crippen LogP contribution is 2.27. The summed E-state index contributed by atoms with van der Waals surface area (Å²) >= 11 is 0. The molecule has 0 heterocycles. The Balaban J connectivity index is 1.94.